The van der Waals surface area contributed by atoms with E-state index in [9.17, 15) is 9.18 Å². The van der Waals surface area contributed by atoms with Crippen molar-refractivity contribution in [2.24, 2.45) is 0 Å². The second kappa shape index (κ2) is 6.59. The van der Waals surface area contributed by atoms with E-state index in [-0.39, 0.29) is 5.91 Å². The number of fused-ring (bicyclic) bond motifs is 1. The van der Waals surface area contributed by atoms with E-state index >= 15 is 0 Å². The van der Waals surface area contributed by atoms with Gasteiger partial charge in [0.05, 0.1) is 28.5 Å². The van der Waals surface area contributed by atoms with Gasteiger partial charge < -0.3 is 15.2 Å². The Kier molecular flexibility index (Phi) is 4.12. The van der Waals surface area contributed by atoms with E-state index in [0.29, 0.717) is 34.5 Å². The van der Waals surface area contributed by atoms with Crippen molar-refractivity contribution in [3.05, 3.63) is 60.5 Å². The van der Waals surface area contributed by atoms with Gasteiger partial charge in [-0.25, -0.2) is 9.37 Å². The van der Waals surface area contributed by atoms with E-state index in [4.69, 9.17) is 0 Å². The van der Waals surface area contributed by atoms with Crippen molar-refractivity contribution in [2.45, 2.75) is 12.8 Å². The fourth-order valence-electron chi connectivity index (χ4n) is 3.29. The number of carbonyl (C=O) groups is 1. The number of nitrogens with one attached hydrogen (secondary N) is 2. The van der Waals surface area contributed by atoms with Gasteiger partial charge in [0.1, 0.15) is 5.65 Å². The zero-order valence-corrected chi connectivity index (χ0v) is 14.1. The Bertz CT molecular complexity index is 982. The molecule has 1 aliphatic rings. The van der Waals surface area contributed by atoms with E-state index in [0.717, 1.165) is 25.0 Å². The lowest BCUT2D eigenvalue weighted by molar-refractivity contribution is 0.102. The molecule has 0 spiro atoms. The molecule has 4 rings (SSSR count). The third-order valence-electron chi connectivity index (χ3n) is 4.49. The number of carbonyl (C=O) groups excluding carboxylic acids is 1. The Morgan fingerprint density at radius 1 is 1.38 bits per heavy atom. The standard InChI is InChI=1S/C19H18FN5O/c1-12-4-3-7-25(11-12)17-14(20)9-22-18-16(17)15(10-23-18)24-19(26)13-5-2-6-21-8-13/h2,5-6,8-10H,1,3-4,7,11H2,(H,22,23)(H,24,26). The van der Waals surface area contributed by atoms with Gasteiger partial charge in [0, 0.05) is 31.7 Å². The number of piperidine rings is 1. The zero-order chi connectivity index (χ0) is 18.1. The van der Waals surface area contributed by atoms with Crippen molar-refractivity contribution in [2.75, 3.05) is 23.3 Å². The molecule has 1 amide bonds. The molecule has 0 saturated carbocycles. The molecule has 3 aromatic heterocycles. The predicted octanol–water partition coefficient (Wildman–Crippen LogP) is 3.51. The van der Waals surface area contributed by atoms with Crippen molar-refractivity contribution in [1.29, 1.82) is 0 Å². The van der Waals surface area contributed by atoms with Crippen molar-refractivity contribution < 1.29 is 9.18 Å². The van der Waals surface area contributed by atoms with Gasteiger partial charge >= 0.3 is 0 Å². The molecule has 7 heteroatoms. The summed E-state index contributed by atoms with van der Waals surface area (Å²) in [5.41, 5.74) is 2.96. The van der Waals surface area contributed by atoms with Gasteiger partial charge in [0.15, 0.2) is 5.82 Å². The number of hydrogen-bond acceptors (Lipinski definition) is 4. The molecule has 0 aromatic carbocycles. The first-order chi connectivity index (χ1) is 12.6. The predicted molar refractivity (Wildman–Crippen MR) is 98.8 cm³/mol. The molecule has 1 fully saturated rings. The second-order valence-electron chi connectivity index (χ2n) is 6.35. The quantitative estimate of drug-likeness (QED) is 0.708. The SMILES string of the molecule is C=C1CCCN(c2c(F)cnc3[nH]cc(NC(=O)c4cccnc4)c23)C1. The van der Waals surface area contributed by atoms with Crippen LogP contribution in [-0.4, -0.2) is 33.9 Å². The minimum Gasteiger partial charge on any atom is -0.364 e. The third-order valence-corrected chi connectivity index (χ3v) is 4.49. The number of pyridine rings is 2. The first-order valence-electron chi connectivity index (χ1n) is 8.42. The number of aromatic nitrogens is 3. The fraction of sp³-hybridized carbons (Fsp3) is 0.211. The second-order valence-corrected chi connectivity index (χ2v) is 6.35. The maximum atomic E-state index is 14.7. The monoisotopic (exact) mass is 351 g/mol. The van der Waals surface area contributed by atoms with Crippen molar-refractivity contribution in [3.63, 3.8) is 0 Å². The number of rotatable bonds is 3. The maximum Gasteiger partial charge on any atom is 0.257 e. The average molecular weight is 351 g/mol. The van der Waals surface area contributed by atoms with Gasteiger partial charge in [-0.3, -0.25) is 9.78 Å². The molecule has 0 radical (unpaired) electrons. The van der Waals surface area contributed by atoms with Crippen LogP contribution in [0, 0.1) is 5.82 Å². The van der Waals surface area contributed by atoms with Gasteiger partial charge in [-0.1, -0.05) is 12.2 Å². The highest BCUT2D eigenvalue weighted by Gasteiger charge is 2.23. The minimum absolute atomic E-state index is 0.308. The van der Waals surface area contributed by atoms with Crippen molar-refractivity contribution in [3.8, 4) is 0 Å². The Hall–Kier alpha value is -3.22. The molecule has 1 aliphatic heterocycles. The van der Waals surface area contributed by atoms with E-state index < -0.39 is 5.82 Å². The molecular formula is C19H18FN5O. The largest absolute Gasteiger partial charge is 0.364 e. The molecule has 132 valence electrons. The lowest BCUT2D eigenvalue weighted by atomic mass is 10.0. The van der Waals surface area contributed by atoms with Crippen LogP contribution in [0.4, 0.5) is 15.8 Å². The number of anilines is 2. The van der Waals surface area contributed by atoms with E-state index in [1.165, 1.54) is 12.4 Å². The van der Waals surface area contributed by atoms with Crippen LogP contribution in [0.15, 0.2) is 49.1 Å². The third kappa shape index (κ3) is 2.92. The number of halogens is 1. The van der Waals surface area contributed by atoms with Crippen LogP contribution in [0.2, 0.25) is 0 Å². The van der Waals surface area contributed by atoms with E-state index in [1.54, 1.807) is 24.5 Å². The highest BCUT2D eigenvalue weighted by atomic mass is 19.1. The van der Waals surface area contributed by atoms with Crippen molar-refractivity contribution in [1.82, 2.24) is 15.0 Å². The molecular weight excluding hydrogens is 333 g/mol. The van der Waals surface area contributed by atoms with Crippen LogP contribution in [0.1, 0.15) is 23.2 Å². The smallest absolute Gasteiger partial charge is 0.257 e. The van der Waals surface area contributed by atoms with Crippen LogP contribution in [0.25, 0.3) is 11.0 Å². The van der Waals surface area contributed by atoms with Crippen LogP contribution in [0.3, 0.4) is 0 Å². The Morgan fingerprint density at radius 3 is 3.04 bits per heavy atom. The topological polar surface area (TPSA) is 73.9 Å². The lowest BCUT2D eigenvalue weighted by Crippen LogP contribution is -2.31. The molecule has 0 aliphatic carbocycles. The van der Waals surface area contributed by atoms with Gasteiger partial charge in [-0.05, 0) is 25.0 Å². The summed E-state index contributed by atoms with van der Waals surface area (Å²) >= 11 is 0. The van der Waals surface area contributed by atoms with Crippen molar-refractivity contribution >= 4 is 28.3 Å². The van der Waals surface area contributed by atoms with Gasteiger partial charge in [-0.15, -0.1) is 0 Å². The first kappa shape index (κ1) is 16.3. The summed E-state index contributed by atoms with van der Waals surface area (Å²) in [4.78, 5) is 25.5. The number of amides is 1. The Morgan fingerprint density at radius 2 is 2.27 bits per heavy atom. The molecule has 2 N–H and O–H groups in total. The molecule has 6 nitrogen and oxygen atoms in total. The Labute approximate surface area is 149 Å². The number of hydrogen-bond donors (Lipinski definition) is 2. The van der Waals surface area contributed by atoms with Crippen LogP contribution in [0.5, 0.6) is 0 Å². The van der Waals surface area contributed by atoms with Gasteiger partial charge in [0.2, 0.25) is 0 Å². The fourth-order valence-corrected chi connectivity index (χ4v) is 3.29. The molecule has 26 heavy (non-hydrogen) atoms. The number of aromatic amines is 1. The highest BCUT2D eigenvalue weighted by Crippen LogP contribution is 2.36. The molecule has 0 atom stereocenters. The minimum atomic E-state index is -0.413. The van der Waals surface area contributed by atoms with E-state index in [2.05, 4.69) is 26.8 Å². The highest BCUT2D eigenvalue weighted by molar-refractivity contribution is 6.11. The summed E-state index contributed by atoms with van der Waals surface area (Å²) in [6.45, 7) is 5.36. The van der Waals surface area contributed by atoms with Gasteiger partial charge in [0.25, 0.3) is 5.91 Å². The zero-order valence-electron chi connectivity index (χ0n) is 14.1. The molecule has 0 unspecified atom stereocenters. The summed E-state index contributed by atoms with van der Waals surface area (Å²) in [6, 6.07) is 3.36. The number of nitrogens with zero attached hydrogens (tertiary/aromatic N) is 3. The Balaban J connectivity index is 1.75. The first-order valence-corrected chi connectivity index (χ1v) is 8.42. The van der Waals surface area contributed by atoms with Crippen LogP contribution in [-0.2, 0) is 0 Å². The summed E-state index contributed by atoms with van der Waals surface area (Å²) in [6.07, 6.45) is 7.79. The summed E-state index contributed by atoms with van der Waals surface area (Å²) in [5.74, 6) is -0.721. The summed E-state index contributed by atoms with van der Waals surface area (Å²) in [7, 11) is 0. The molecule has 0 bridgehead atoms. The van der Waals surface area contributed by atoms with Crippen LogP contribution >= 0.6 is 0 Å². The average Bonchev–Trinajstić information content (AvgIpc) is 3.05. The summed E-state index contributed by atoms with van der Waals surface area (Å²) in [5, 5.41) is 3.40. The molecule has 4 heterocycles. The summed E-state index contributed by atoms with van der Waals surface area (Å²) < 4.78 is 14.7. The molecule has 3 aromatic rings. The normalized spacial score (nSPS) is 14.7. The van der Waals surface area contributed by atoms with E-state index in [1.807, 2.05) is 4.90 Å². The van der Waals surface area contributed by atoms with Crippen LogP contribution < -0.4 is 10.2 Å². The maximum absolute atomic E-state index is 14.7. The number of H-pyrrole nitrogens is 1. The molecule has 1 saturated heterocycles. The van der Waals surface area contributed by atoms with Gasteiger partial charge in [-0.2, -0.15) is 0 Å². The lowest BCUT2D eigenvalue weighted by Gasteiger charge is -2.31.